The van der Waals surface area contributed by atoms with Gasteiger partial charge in [0.05, 0.1) is 12.2 Å². The molecule has 0 radical (unpaired) electrons. The third kappa shape index (κ3) is 2.99. The molecule has 0 aliphatic heterocycles. The largest absolute Gasteiger partial charge is 0.462 e. The lowest BCUT2D eigenvalue weighted by Crippen LogP contribution is -2.03. The van der Waals surface area contributed by atoms with E-state index < -0.39 is 0 Å². The summed E-state index contributed by atoms with van der Waals surface area (Å²) in [5.41, 5.74) is 4.64. The van der Waals surface area contributed by atoms with Crippen LogP contribution in [0.3, 0.4) is 0 Å². The molecule has 0 fully saturated rings. The van der Waals surface area contributed by atoms with Gasteiger partial charge in [-0.25, -0.2) is 4.79 Å². The number of esters is 1. The number of rotatable bonds is 4. The zero-order valence-electron chi connectivity index (χ0n) is 13.4. The minimum Gasteiger partial charge on any atom is -0.462 e. The van der Waals surface area contributed by atoms with Gasteiger partial charge >= 0.3 is 5.97 Å². The summed E-state index contributed by atoms with van der Waals surface area (Å²) in [5.74, 6) is -0.309. The van der Waals surface area contributed by atoms with Crippen LogP contribution in [0.5, 0.6) is 0 Å². The first-order chi connectivity index (χ1) is 11.1. The van der Waals surface area contributed by atoms with Crippen LogP contribution in [0, 0.1) is 6.92 Å². The normalized spacial score (nSPS) is 10.9. The summed E-state index contributed by atoms with van der Waals surface area (Å²) in [5, 5.41) is 1.79. The molecule has 0 spiro atoms. The second kappa shape index (κ2) is 6.50. The number of fused-ring (bicyclic) bond motifs is 1. The Bertz CT molecular complexity index is 847. The van der Waals surface area contributed by atoms with E-state index >= 15 is 0 Å². The molecule has 0 unspecified atom stereocenters. The molecule has 0 saturated heterocycles. The lowest BCUT2D eigenvalue weighted by molar-refractivity contribution is 0.0526. The highest BCUT2D eigenvalue weighted by Crippen LogP contribution is 2.40. The maximum absolute atomic E-state index is 12.0. The van der Waals surface area contributed by atoms with Crippen LogP contribution in [0.25, 0.3) is 22.1 Å². The van der Waals surface area contributed by atoms with E-state index in [2.05, 4.69) is 31.2 Å². The van der Waals surface area contributed by atoms with Crippen LogP contribution >= 0.6 is 11.8 Å². The highest BCUT2D eigenvalue weighted by Gasteiger charge is 2.17. The Morgan fingerprint density at radius 1 is 1.17 bits per heavy atom. The number of furan rings is 1. The van der Waals surface area contributed by atoms with Gasteiger partial charge in [-0.05, 0) is 43.9 Å². The first kappa shape index (κ1) is 15.7. The van der Waals surface area contributed by atoms with Gasteiger partial charge < -0.3 is 9.15 Å². The van der Waals surface area contributed by atoms with E-state index in [0.717, 1.165) is 27.2 Å². The van der Waals surface area contributed by atoms with E-state index in [9.17, 15) is 4.79 Å². The lowest BCUT2D eigenvalue weighted by atomic mass is 10.0. The molecular weight excluding hydrogens is 308 g/mol. The van der Waals surface area contributed by atoms with Crippen molar-refractivity contribution in [1.29, 1.82) is 0 Å². The summed E-state index contributed by atoms with van der Waals surface area (Å²) in [6.45, 7) is 4.23. The number of ether oxygens (including phenoxy) is 1. The Kier molecular flexibility index (Phi) is 4.44. The lowest BCUT2D eigenvalue weighted by Gasteiger charge is -2.04. The summed E-state index contributed by atoms with van der Waals surface area (Å²) in [4.78, 5) is 12.0. The zero-order valence-corrected chi connectivity index (χ0v) is 14.2. The molecule has 1 heterocycles. The molecule has 3 nitrogen and oxygen atoms in total. The SMILES string of the molecule is CCOC(=O)c1ccc2oc(SC)c(-c3ccc(C)cc3)c2c1. The van der Waals surface area contributed by atoms with Crippen LogP contribution in [0.4, 0.5) is 0 Å². The van der Waals surface area contributed by atoms with Gasteiger partial charge in [-0.3, -0.25) is 0 Å². The van der Waals surface area contributed by atoms with Crippen molar-refractivity contribution in [3.63, 3.8) is 0 Å². The van der Waals surface area contributed by atoms with Crippen LogP contribution in [0.2, 0.25) is 0 Å². The maximum Gasteiger partial charge on any atom is 0.338 e. The summed E-state index contributed by atoms with van der Waals surface area (Å²) in [6, 6.07) is 13.7. The Balaban J connectivity index is 2.19. The van der Waals surface area contributed by atoms with Crippen LogP contribution < -0.4 is 0 Å². The van der Waals surface area contributed by atoms with E-state index in [1.807, 2.05) is 18.4 Å². The molecule has 1 aromatic heterocycles. The van der Waals surface area contributed by atoms with Gasteiger partial charge in [0.25, 0.3) is 0 Å². The fraction of sp³-hybridized carbons (Fsp3) is 0.211. The summed E-state index contributed by atoms with van der Waals surface area (Å²) in [7, 11) is 0. The Hall–Kier alpha value is -2.20. The smallest absolute Gasteiger partial charge is 0.338 e. The molecule has 0 aliphatic rings. The van der Waals surface area contributed by atoms with E-state index in [0.29, 0.717) is 12.2 Å². The zero-order chi connectivity index (χ0) is 16.4. The minimum atomic E-state index is -0.309. The molecule has 3 rings (SSSR count). The molecule has 2 aromatic carbocycles. The van der Waals surface area contributed by atoms with Crippen LogP contribution in [0.15, 0.2) is 52.0 Å². The predicted octanol–water partition coefficient (Wildman–Crippen LogP) is 5.31. The van der Waals surface area contributed by atoms with Gasteiger partial charge in [-0.15, -0.1) is 0 Å². The van der Waals surface area contributed by atoms with Crippen molar-refractivity contribution in [1.82, 2.24) is 0 Å². The first-order valence-corrected chi connectivity index (χ1v) is 8.71. The Morgan fingerprint density at radius 3 is 2.57 bits per heavy atom. The predicted molar refractivity (Wildman–Crippen MR) is 94.1 cm³/mol. The standard InChI is InChI=1S/C19H18O3S/c1-4-21-18(20)14-9-10-16-15(11-14)17(19(22-16)23-3)13-7-5-12(2)6-8-13/h5-11H,4H2,1-3H3. The Labute approximate surface area is 139 Å². The topological polar surface area (TPSA) is 39.4 Å². The third-order valence-corrected chi connectivity index (χ3v) is 4.35. The molecule has 0 bridgehead atoms. The number of aryl methyl sites for hydroxylation is 1. The average molecular weight is 326 g/mol. The van der Waals surface area contributed by atoms with E-state index in [1.165, 1.54) is 5.56 Å². The van der Waals surface area contributed by atoms with Gasteiger partial charge in [-0.2, -0.15) is 0 Å². The van der Waals surface area contributed by atoms with Gasteiger partial charge in [-0.1, -0.05) is 41.6 Å². The summed E-state index contributed by atoms with van der Waals surface area (Å²) >= 11 is 1.56. The monoisotopic (exact) mass is 326 g/mol. The van der Waals surface area contributed by atoms with Crippen molar-refractivity contribution < 1.29 is 13.9 Å². The number of hydrogen-bond acceptors (Lipinski definition) is 4. The van der Waals surface area contributed by atoms with Crippen molar-refractivity contribution >= 4 is 28.7 Å². The molecule has 118 valence electrons. The molecule has 0 saturated carbocycles. The number of benzene rings is 2. The van der Waals surface area contributed by atoms with Crippen molar-refractivity contribution in [2.45, 2.75) is 18.9 Å². The maximum atomic E-state index is 12.0. The van der Waals surface area contributed by atoms with Crippen molar-refractivity contribution in [2.24, 2.45) is 0 Å². The number of carbonyl (C=O) groups is 1. The molecule has 0 atom stereocenters. The first-order valence-electron chi connectivity index (χ1n) is 7.48. The van der Waals surface area contributed by atoms with Crippen LogP contribution in [-0.2, 0) is 4.74 Å². The van der Waals surface area contributed by atoms with Crippen molar-refractivity contribution in [2.75, 3.05) is 12.9 Å². The summed E-state index contributed by atoms with van der Waals surface area (Å²) in [6.07, 6.45) is 1.99. The minimum absolute atomic E-state index is 0.309. The van der Waals surface area contributed by atoms with E-state index in [4.69, 9.17) is 9.15 Å². The van der Waals surface area contributed by atoms with E-state index in [-0.39, 0.29) is 5.97 Å². The van der Waals surface area contributed by atoms with Gasteiger partial charge in [0.15, 0.2) is 5.09 Å². The fourth-order valence-electron chi connectivity index (χ4n) is 2.55. The van der Waals surface area contributed by atoms with Gasteiger partial charge in [0, 0.05) is 10.9 Å². The molecule has 0 aliphatic carbocycles. The van der Waals surface area contributed by atoms with Crippen molar-refractivity contribution in [3.05, 3.63) is 53.6 Å². The molecule has 0 amide bonds. The molecular formula is C19H18O3S. The molecule has 0 N–H and O–H groups in total. The quantitative estimate of drug-likeness (QED) is 0.481. The highest BCUT2D eigenvalue weighted by atomic mass is 32.2. The second-order valence-electron chi connectivity index (χ2n) is 5.27. The highest BCUT2D eigenvalue weighted by molar-refractivity contribution is 7.98. The Morgan fingerprint density at radius 2 is 1.91 bits per heavy atom. The number of thioether (sulfide) groups is 1. The van der Waals surface area contributed by atoms with Crippen LogP contribution in [-0.4, -0.2) is 18.8 Å². The molecule has 3 aromatic rings. The van der Waals surface area contributed by atoms with Gasteiger partial charge in [0.1, 0.15) is 5.58 Å². The second-order valence-corrected chi connectivity index (χ2v) is 6.05. The number of carbonyl (C=O) groups excluding carboxylic acids is 1. The number of hydrogen-bond donors (Lipinski definition) is 0. The van der Waals surface area contributed by atoms with Crippen molar-refractivity contribution in [3.8, 4) is 11.1 Å². The average Bonchev–Trinajstić information content (AvgIpc) is 2.93. The molecule has 4 heteroatoms. The fourth-order valence-corrected chi connectivity index (χ4v) is 3.16. The van der Waals surface area contributed by atoms with Gasteiger partial charge in [0.2, 0.25) is 0 Å². The van der Waals surface area contributed by atoms with E-state index in [1.54, 1.807) is 24.8 Å². The van der Waals surface area contributed by atoms with Crippen LogP contribution in [0.1, 0.15) is 22.8 Å². The molecule has 23 heavy (non-hydrogen) atoms. The third-order valence-electron chi connectivity index (χ3n) is 3.69. The summed E-state index contributed by atoms with van der Waals surface area (Å²) < 4.78 is 11.0.